The molecule has 22 heavy (non-hydrogen) atoms. The highest BCUT2D eigenvalue weighted by Gasteiger charge is 2.37. The third-order valence-corrected chi connectivity index (χ3v) is 9.53. The minimum Gasteiger partial charge on any atom is -0.478 e. The van der Waals surface area contributed by atoms with Crippen LogP contribution in [0.4, 0.5) is 0 Å². The first-order valence-corrected chi connectivity index (χ1v) is 11.1. The van der Waals surface area contributed by atoms with Crippen LogP contribution in [0.5, 0.6) is 0 Å². The van der Waals surface area contributed by atoms with E-state index in [2.05, 4.69) is 56.5 Å². The zero-order valence-corrected chi connectivity index (χ0v) is 16.6. The summed E-state index contributed by atoms with van der Waals surface area (Å²) in [6, 6.07) is 5.13. The van der Waals surface area contributed by atoms with Gasteiger partial charge in [0.2, 0.25) is 0 Å². The molecule has 0 saturated carbocycles. The predicted molar refractivity (Wildman–Crippen MR) is 97.9 cm³/mol. The number of carboxylic acids is 1. The SMILES string of the molecule is CC(C)(C)[Si](C)(C)OCc1cc2cc(C(=O)O)cc(I)c2o1. The molecule has 0 saturated heterocycles. The standard InChI is InChI=1S/C16H21IO4Si/c1-16(2,3)22(4,5)20-9-12-7-10-6-11(15(18)19)8-13(17)14(10)21-12/h6-8H,9H2,1-5H3,(H,18,19). The zero-order chi connectivity index (χ0) is 16.7. The molecule has 0 bridgehead atoms. The lowest BCUT2D eigenvalue weighted by Crippen LogP contribution is -2.40. The highest BCUT2D eigenvalue weighted by Crippen LogP contribution is 2.37. The van der Waals surface area contributed by atoms with Crippen molar-refractivity contribution in [3.05, 3.63) is 33.1 Å². The summed E-state index contributed by atoms with van der Waals surface area (Å²) in [5, 5.41) is 10.1. The van der Waals surface area contributed by atoms with Crippen LogP contribution in [0.25, 0.3) is 11.0 Å². The van der Waals surface area contributed by atoms with Crippen molar-refractivity contribution in [2.45, 2.75) is 45.5 Å². The van der Waals surface area contributed by atoms with Gasteiger partial charge in [-0.15, -0.1) is 0 Å². The van der Waals surface area contributed by atoms with Crippen molar-refractivity contribution in [2.75, 3.05) is 0 Å². The number of carbonyl (C=O) groups is 1. The molecular formula is C16H21IO4Si. The van der Waals surface area contributed by atoms with Crippen LogP contribution in [0.1, 0.15) is 36.9 Å². The van der Waals surface area contributed by atoms with Gasteiger partial charge in [-0.25, -0.2) is 4.79 Å². The average molecular weight is 432 g/mol. The molecule has 0 aliphatic rings. The molecule has 0 spiro atoms. The molecule has 2 rings (SSSR count). The van der Waals surface area contributed by atoms with E-state index in [1.807, 2.05) is 6.07 Å². The second kappa shape index (κ2) is 5.97. The second-order valence-corrected chi connectivity index (χ2v) is 12.9. The summed E-state index contributed by atoms with van der Waals surface area (Å²) >= 11 is 2.10. The molecule has 0 aliphatic carbocycles. The van der Waals surface area contributed by atoms with Gasteiger partial charge >= 0.3 is 5.97 Å². The normalized spacial score (nSPS) is 12.8. The second-order valence-electron chi connectivity index (χ2n) is 6.94. The van der Waals surface area contributed by atoms with Gasteiger partial charge in [0.05, 0.1) is 15.7 Å². The summed E-state index contributed by atoms with van der Waals surface area (Å²) in [6.45, 7) is 11.4. The minimum atomic E-state index is -1.83. The van der Waals surface area contributed by atoms with Crippen molar-refractivity contribution in [3.8, 4) is 0 Å². The molecule has 120 valence electrons. The van der Waals surface area contributed by atoms with E-state index in [0.717, 1.165) is 20.3 Å². The Hall–Kier alpha value is -0.863. The third kappa shape index (κ3) is 3.55. The first-order chi connectivity index (χ1) is 10.0. The van der Waals surface area contributed by atoms with Crippen molar-refractivity contribution in [1.29, 1.82) is 0 Å². The van der Waals surface area contributed by atoms with Crippen LogP contribution < -0.4 is 0 Å². The summed E-state index contributed by atoms with van der Waals surface area (Å²) in [7, 11) is -1.83. The van der Waals surface area contributed by atoms with Gasteiger partial charge in [0.25, 0.3) is 0 Å². The summed E-state index contributed by atoms with van der Waals surface area (Å²) in [5.74, 6) is -0.194. The van der Waals surface area contributed by atoms with Gasteiger partial charge in [-0.2, -0.15) is 0 Å². The fourth-order valence-corrected chi connectivity index (χ4v) is 3.52. The van der Waals surface area contributed by atoms with Gasteiger partial charge in [-0.1, -0.05) is 20.8 Å². The van der Waals surface area contributed by atoms with E-state index < -0.39 is 14.3 Å². The Morgan fingerprint density at radius 1 is 1.32 bits per heavy atom. The average Bonchev–Trinajstić information content (AvgIpc) is 2.78. The lowest BCUT2D eigenvalue weighted by atomic mass is 10.1. The molecule has 0 unspecified atom stereocenters. The van der Waals surface area contributed by atoms with Crippen molar-refractivity contribution >= 4 is 47.8 Å². The van der Waals surface area contributed by atoms with Crippen LogP contribution in [0.15, 0.2) is 22.6 Å². The molecule has 0 aliphatic heterocycles. The van der Waals surface area contributed by atoms with Crippen LogP contribution in [0.2, 0.25) is 18.1 Å². The van der Waals surface area contributed by atoms with Gasteiger partial charge in [-0.3, -0.25) is 0 Å². The maximum Gasteiger partial charge on any atom is 0.335 e. The molecule has 4 nitrogen and oxygen atoms in total. The number of rotatable bonds is 4. The molecular weight excluding hydrogens is 411 g/mol. The van der Waals surface area contributed by atoms with Crippen LogP contribution in [0, 0.1) is 3.57 Å². The molecule has 0 atom stereocenters. The largest absolute Gasteiger partial charge is 0.478 e. The lowest BCUT2D eigenvalue weighted by Gasteiger charge is -2.35. The Bertz CT molecular complexity index is 713. The monoisotopic (exact) mass is 432 g/mol. The van der Waals surface area contributed by atoms with Gasteiger partial charge in [0.15, 0.2) is 8.32 Å². The molecule has 6 heteroatoms. The molecule has 1 aromatic heterocycles. The predicted octanol–water partition coefficient (Wildman–Crippen LogP) is 5.26. The molecule has 1 N–H and O–H groups in total. The number of aromatic carboxylic acids is 1. The fraction of sp³-hybridized carbons (Fsp3) is 0.438. The van der Waals surface area contributed by atoms with Crippen molar-refractivity contribution < 1.29 is 18.7 Å². The van der Waals surface area contributed by atoms with Gasteiger partial charge in [-0.05, 0) is 58.9 Å². The van der Waals surface area contributed by atoms with Crippen molar-refractivity contribution in [1.82, 2.24) is 0 Å². The maximum absolute atomic E-state index is 11.1. The topological polar surface area (TPSA) is 59.7 Å². The maximum atomic E-state index is 11.1. The van der Waals surface area contributed by atoms with Crippen LogP contribution in [-0.4, -0.2) is 19.4 Å². The van der Waals surface area contributed by atoms with E-state index in [-0.39, 0.29) is 10.6 Å². The summed E-state index contributed by atoms with van der Waals surface area (Å²) in [4.78, 5) is 11.1. The van der Waals surface area contributed by atoms with E-state index in [0.29, 0.717) is 6.61 Å². The van der Waals surface area contributed by atoms with E-state index in [4.69, 9.17) is 13.9 Å². The Kier molecular flexibility index (Phi) is 4.75. The smallest absolute Gasteiger partial charge is 0.335 e. The molecule has 0 radical (unpaired) electrons. The van der Waals surface area contributed by atoms with E-state index in [1.54, 1.807) is 12.1 Å². The van der Waals surface area contributed by atoms with E-state index in [1.165, 1.54) is 0 Å². The Morgan fingerprint density at radius 3 is 2.50 bits per heavy atom. The van der Waals surface area contributed by atoms with Gasteiger partial charge < -0.3 is 13.9 Å². The summed E-state index contributed by atoms with van der Waals surface area (Å²) < 4.78 is 12.8. The number of benzene rings is 1. The fourth-order valence-electron chi connectivity index (χ4n) is 1.83. The van der Waals surface area contributed by atoms with E-state index >= 15 is 0 Å². The quantitative estimate of drug-likeness (QED) is 0.529. The van der Waals surface area contributed by atoms with Crippen molar-refractivity contribution in [2.24, 2.45) is 0 Å². The molecule has 1 aromatic carbocycles. The van der Waals surface area contributed by atoms with Crippen molar-refractivity contribution in [3.63, 3.8) is 0 Å². The number of carboxylic acid groups (broad SMARTS) is 1. The minimum absolute atomic E-state index is 0.143. The first-order valence-electron chi connectivity index (χ1n) is 7.10. The highest BCUT2D eigenvalue weighted by atomic mass is 127. The van der Waals surface area contributed by atoms with Crippen LogP contribution >= 0.6 is 22.6 Å². The van der Waals surface area contributed by atoms with E-state index in [9.17, 15) is 4.79 Å². The zero-order valence-electron chi connectivity index (χ0n) is 13.5. The molecule has 0 amide bonds. The third-order valence-electron chi connectivity index (χ3n) is 4.25. The van der Waals surface area contributed by atoms with Gasteiger partial charge in [0, 0.05) is 5.39 Å². The Morgan fingerprint density at radius 2 is 1.95 bits per heavy atom. The van der Waals surface area contributed by atoms with Gasteiger partial charge in [0.1, 0.15) is 11.3 Å². The van der Waals surface area contributed by atoms with Crippen LogP contribution in [-0.2, 0) is 11.0 Å². The molecule has 1 heterocycles. The number of hydrogen-bond acceptors (Lipinski definition) is 3. The number of hydrogen-bond donors (Lipinski definition) is 1. The molecule has 0 fully saturated rings. The Balaban J connectivity index is 2.27. The number of furan rings is 1. The van der Waals surface area contributed by atoms with Crippen LogP contribution in [0.3, 0.4) is 0 Å². The lowest BCUT2D eigenvalue weighted by molar-refractivity contribution is 0.0697. The summed E-state index contributed by atoms with van der Waals surface area (Å²) in [6.07, 6.45) is 0. The number of fused-ring (bicyclic) bond motifs is 1. The Labute approximate surface area is 145 Å². The summed E-state index contributed by atoms with van der Waals surface area (Å²) in [5.41, 5.74) is 0.994. The first kappa shape index (κ1) is 17.5. The molecule has 2 aromatic rings. The highest BCUT2D eigenvalue weighted by molar-refractivity contribution is 14.1. The number of halogens is 1.